The largest absolute Gasteiger partial charge is 0.495 e. The highest BCUT2D eigenvalue weighted by Gasteiger charge is 2.23. The van der Waals surface area contributed by atoms with Crippen LogP contribution in [0.15, 0.2) is 78.0 Å². The Hall–Kier alpha value is -3.43. The number of amides is 1. The van der Waals surface area contributed by atoms with Crippen LogP contribution in [0.25, 0.3) is 0 Å². The molecule has 0 unspecified atom stereocenters. The molecule has 0 radical (unpaired) electrons. The van der Waals surface area contributed by atoms with Crippen LogP contribution in [-0.4, -0.2) is 62.4 Å². The van der Waals surface area contributed by atoms with Gasteiger partial charge in [0.1, 0.15) is 5.75 Å². The summed E-state index contributed by atoms with van der Waals surface area (Å²) in [4.78, 5) is 21.2. The van der Waals surface area contributed by atoms with Crippen molar-refractivity contribution in [2.24, 2.45) is 0 Å². The number of rotatable bonds is 7. The standard InChI is InChI=1S/C24H26N4O4S/c1-32-23-7-3-2-6-22(23)26-33(30,31)21-10-8-20(9-11-21)24(29)28-15-13-27(14-16-28)18-19-5-4-12-25-17-19/h2-12,17,26H,13-16,18H2,1H3. The molecule has 1 fully saturated rings. The van der Waals surface area contributed by atoms with Gasteiger partial charge in [-0.3, -0.25) is 19.4 Å². The molecule has 9 heteroatoms. The van der Waals surface area contributed by atoms with Crippen molar-refractivity contribution in [3.8, 4) is 5.75 Å². The molecule has 0 atom stereocenters. The monoisotopic (exact) mass is 466 g/mol. The Morgan fingerprint density at radius 2 is 1.73 bits per heavy atom. The van der Waals surface area contributed by atoms with Crippen LogP contribution >= 0.6 is 0 Å². The van der Waals surface area contributed by atoms with E-state index in [1.807, 2.05) is 18.3 Å². The second-order valence-corrected chi connectivity index (χ2v) is 9.44. The van der Waals surface area contributed by atoms with E-state index in [9.17, 15) is 13.2 Å². The molecule has 0 bridgehead atoms. The molecule has 172 valence electrons. The van der Waals surface area contributed by atoms with E-state index in [2.05, 4.69) is 14.6 Å². The summed E-state index contributed by atoms with van der Waals surface area (Å²) in [7, 11) is -2.34. The number of pyridine rings is 1. The number of nitrogens with one attached hydrogen (secondary N) is 1. The van der Waals surface area contributed by atoms with Crippen LogP contribution in [0, 0.1) is 0 Å². The van der Waals surface area contributed by atoms with Crippen LogP contribution < -0.4 is 9.46 Å². The lowest BCUT2D eigenvalue weighted by Gasteiger charge is -2.34. The van der Waals surface area contributed by atoms with Gasteiger partial charge in [-0.2, -0.15) is 0 Å². The van der Waals surface area contributed by atoms with E-state index in [1.165, 1.54) is 19.2 Å². The smallest absolute Gasteiger partial charge is 0.262 e. The average molecular weight is 467 g/mol. The molecule has 2 aromatic carbocycles. The number of carbonyl (C=O) groups excluding carboxylic acids is 1. The molecule has 2 heterocycles. The molecule has 0 saturated carbocycles. The molecule has 3 aromatic rings. The van der Waals surface area contributed by atoms with E-state index in [4.69, 9.17) is 4.74 Å². The average Bonchev–Trinajstić information content (AvgIpc) is 2.85. The number of sulfonamides is 1. The van der Waals surface area contributed by atoms with Crippen LogP contribution in [0.2, 0.25) is 0 Å². The Kier molecular flexibility index (Phi) is 6.90. The lowest BCUT2D eigenvalue weighted by Crippen LogP contribution is -2.48. The molecule has 0 spiro atoms. The van der Waals surface area contributed by atoms with Gasteiger partial charge in [-0.15, -0.1) is 0 Å². The number of ether oxygens (including phenoxy) is 1. The number of carbonyl (C=O) groups is 1. The van der Waals surface area contributed by atoms with Crippen molar-refractivity contribution in [2.75, 3.05) is 38.0 Å². The number of nitrogens with zero attached hydrogens (tertiary/aromatic N) is 3. The van der Waals surface area contributed by atoms with E-state index >= 15 is 0 Å². The third-order valence-electron chi connectivity index (χ3n) is 5.55. The number of piperazine rings is 1. The van der Waals surface area contributed by atoms with E-state index in [1.54, 1.807) is 47.5 Å². The van der Waals surface area contributed by atoms with Gasteiger partial charge >= 0.3 is 0 Å². The van der Waals surface area contributed by atoms with E-state index in [0.717, 1.165) is 25.2 Å². The second kappa shape index (κ2) is 10.0. The van der Waals surface area contributed by atoms with Crippen LogP contribution in [0.1, 0.15) is 15.9 Å². The summed E-state index contributed by atoms with van der Waals surface area (Å²) in [6, 6.07) is 16.8. The Balaban J connectivity index is 1.37. The Bertz CT molecular complexity index is 1190. The van der Waals surface area contributed by atoms with Crippen molar-refractivity contribution in [3.05, 3.63) is 84.2 Å². The Morgan fingerprint density at radius 3 is 2.39 bits per heavy atom. The predicted octanol–water partition coefficient (Wildman–Crippen LogP) is 2.85. The summed E-state index contributed by atoms with van der Waals surface area (Å²) in [5.41, 5.74) is 1.96. The minimum atomic E-state index is -3.82. The summed E-state index contributed by atoms with van der Waals surface area (Å²) < 4.78 is 33.3. The van der Waals surface area contributed by atoms with Gasteiger partial charge in [-0.05, 0) is 48.0 Å². The molecule has 33 heavy (non-hydrogen) atoms. The van der Waals surface area contributed by atoms with E-state index in [0.29, 0.717) is 30.1 Å². The van der Waals surface area contributed by atoms with Crippen molar-refractivity contribution in [1.29, 1.82) is 0 Å². The van der Waals surface area contributed by atoms with Crippen LogP contribution in [0.5, 0.6) is 5.75 Å². The van der Waals surface area contributed by atoms with Crippen LogP contribution in [0.3, 0.4) is 0 Å². The molecule has 0 aliphatic carbocycles. The lowest BCUT2D eigenvalue weighted by molar-refractivity contribution is 0.0628. The van der Waals surface area contributed by atoms with Gasteiger partial charge in [0.25, 0.3) is 15.9 Å². The fourth-order valence-electron chi connectivity index (χ4n) is 3.75. The maximum absolute atomic E-state index is 12.9. The molecule has 1 amide bonds. The van der Waals surface area contributed by atoms with Gasteiger partial charge in [-0.1, -0.05) is 18.2 Å². The summed E-state index contributed by atoms with van der Waals surface area (Å²) in [5, 5.41) is 0. The first-order valence-corrected chi connectivity index (χ1v) is 12.1. The zero-order valence-electron chi connectivity index (χ0n) is 18.3. The van der Waals surface area contributed by atoms with Gasteiger partial charge < -0.3 is 9.64 Å². The minimum absolute atomic E-state index is 0.0752. The van der Waals surface area contributed by atoms with Crippen molar-refractivity contribution in [3.63, 3.8) is 0 Å². The first-order valence-electron chi connectivity index (χ1n) is 10.6. The predicted molar refractivity (Wildman–Crippen MR) is 126 cm³/mol. The quantitative estimate of drug-likeness (QED) is 0.576. The molecule has 1 N–H and O–H groups in total. The molecular formula is C24H26N4O4S. The Labute approximate surface area is 193 Å². The van der Waals surface area contributed by atoms with Crippen molar-refractivity contribution < 1.29 is 17.9 Å². The number of hydrogen-bond donors (Lipinski definition) is 1. The SMILES string of the molecule is COc1ccccc1NS(=O)(=O)c1ccc(C(=O)N2CCN(Cc3cccnc3)CC2)cc1. The first-order chi connectivity index (χ1) is 16.0. The summed E-state index contributed by atoms with van der Waals surface area (Å²) in [6.45, 7) is 3.59. The molecule has 4 rings (SSSR count). The van der Waals surface area contributed by atoms with Gasteiger partial charge in [0.05, 0.1) is 17.7 Å². The molecule has 1 aliphatic heterocycles. The van der Waals surface area contributed by atoms with Gasteiger partial charge in [0.15, 0.2) is 0 Å². The highest BCUT2D eigenvalue weighted by molar-refractivity contribution is 7.92. The minimum Gasteiger partial charge on any atom is -0.495 e. The molecular weight excluding hydrogens is 440 g/mol. The molecule has 1 aliphatic rings. The van der Waals surface area contributed by atoms with Gasteiger partial charge in [-0.25, -0.2) is 8.42 Å². The fraction of sp³-hybridized carbons (Fsp3) is 0.250. The topological polar surface area (TPSA) is 91.8 Å². The van der Waals surface area contributed by atoms with Crippen LogP contribution in [0.4, 0.5) is 5.69 Å². The van der Waals surface area contributed by atoms with E-state index in [-0.39, 0.29) is 10.8 Å². The number of anilines is 1. The van der Waals surface area contributed by atoms with Crippen molar-refractivity contribution in [1.82, 2.24) is 14.8 Å². The first kappa shape index (κ1) is 22.8. The van der Waals surface area contributed by atoms with Crippen molar-refractivity contribution >= 4 is 21.6 Å². The highest BCUT2D eigenvalue weighted by Crippen LogP contribution is 2.26. The number of para-hydroxylation sites is 2. The highest BCUT2D eigenvalue weighted by atomic mass is 32.2. The van der Waals surface area contributed by atoms with Crippen molar-refractivity contribution in [2.45, 2.75) is 11.4 Å². The number of aromatic nitrogens is 1. The number of methoxy groups -OCH3 is 1. The molecule has 1 aromatic heterocycles. The van der Waals surface area contributed by atoms with Gasteiger partial charge in [0, 0.05) is 50.7 Å². The zero-order valence-corrected chi connectivity index (χ0v) is 19.2. The van der Waals surface area contributed by atoms with Gasteiger partial charge in [0.2, 0.25) is 0 Å². The maximum atomic E-state index is 12.9. The number of hydrogen-bond acceptors (Lipinski definition) is 6. The summed E-state index contributed by atoms with van der Waals surface area (Å²) >= 11 is 0. The maximum Gasteiger partial charge on any atom is 0.262 e. The van der Waals surface area contributed by atoms with E-state index < -0.39 is 10.0 Å². The molecule has 8 nitrogen and oxygen atoms in total. The lowest BCUT2D eigenvalue weighted by atomic mass is 10.1. The zero-order chi connectivity index (χ0) is 23.3. The summed E-state index contributed by atoms with van der Waals surface area (Å²) in [6.07, 6.45) is 3.61. The third-order valence-corrected chi connectivity index (χ3v) is 6.93. The number of benzene rings is 2. The fourth-order valence-corrected chi connectivity index (χ4v) is 4.82. The van der Waals surface area contributed by atoms with Crippen LogP contribution in [-0.2, 0) is 16.6 Å². The second-order valence-electron chi connectivity index (χ2n) is 7.76. The normalized spacial score (nSPS) is 14.6. The Morgan fingerprint density at radius 1 is 1.00 bits per heavy atom. The molecule has 1 saturated heterocycles. The third kappa shape index (κ3) is 5.50. The summed E-state index contributed by atoms with van der Waals surface area (Å²) in [5.74, 6) is 0.327.